The predicted molar refractivity (Wildman–Crippen MR) is 107 cm³/mol. The second-order valence-electron chi connectivity index (χ2n) is 6.18. The molecule has 1 heterocycles. The maximum atomic E-state index is 11.8. The van der Waals surface area contributed by atoms with Crippen LogP contribution in [0.5, 0.6) is 0 Å². The highest BCUT2D eigenvalue weighted by Crippen LogP contribution is 2.34. The van der Waals surface area contributed by atoms with Gasteiger partial charge in [0.15, 0.2) is 0 Å². The minimum Gasteiger partial charge on any atom is -0.334 e. The lowest BCUT2D eigenvalue weighted by atomic mass is 10.1. The Kier molecular flexibility index (Phi) is 5.30. The quantitative estimate of drug-likeness (QED) is 0.470. The smallest absolute Gasteiger partial charge is 0.334 e. The van der Waals surface area contributed by atoms with Gasteiger partial charge in [0, 0.05) is 11.4 Å². The van der Waals surface area contributed by atoms with E-state index in [-0.39, 0.29) is 17.3 Å². The van der Waals surface area contributed by atoms with E-state index < -0.39 is 4.92 Å². The molecule has 0 saturated heterocycles. The third-order valence-electron chi connectivity index (χ3n) is 4.51. The third kappa shape index (κ3) is 3.87. The Bertz CT molecular complexity index is 988. The van der Waals surface area contributed by atoms with Gasteiger partial charge in [0.1, 0.15) is 6.33 Å². The molecule has 0 aliphatic heterocycles. The van der Waals surface area contributed by atoms with Crippen LogP contribution in [0, 0.1) is 24.0 Å². The lowest BCUT2D eigenvalue weighted by molar-refractivity contribution is -0.383. The van der Waals surface area contributed by atoms with E-state index in [9.17, 15) is 10.1 Å². The molecule has 0 saturated carbocycles. The van der Waals surface area contributed by atoms with E-state index in [1.807, 2.05) is 63.2 Å². The molecule has 0 unspecified atom stereocenters. The molecule has 3 rings (SSSR count). The zero-order valence-electron chi connectivity index (χ0n) is 15.5. The summed E-state index contributed by atoms with van der Waals surface area (Å²) in [6, 6.07) is 13.4. The first kappa shape index (κ1) is 18.3. The lowest BCUT2D eigenvalue weighted by Gasteiger charge is -2.14. The summed E-state index contributed by atoms with van der Waals surface area (Å²) in [6.07, 6.45) is 2.12. The maximum absolute atomic E-state index is 11.8. The van der Waals surface area contributed by atoms with Gasteiger partial charge in [-0.1, -0.05) is 37.3 Å². The molecule has 7 nitrogen and oxygen atoms in total. The van der Waals surface area contributed by atoms with Crippen molar-refractivity contribution in [1.29, 1.82) is 0 Å². The van der Waals surface area contributed by atoms with Gasteiger partial charge in [-0.15, -0.1) is 0 Å². The number of nitrogens with zero attached hydrogens (tertiary/aromatic N) is 3. The van der Waals surface area contributed by atoms with Gasteiger partial charge in [0.2, 0.25) is 11.6 Å². The average molecular weight is 363 g/mol. The number of benzene rings is 2. The van der Waals surface area contributed by atoms with Crippen molar-refractivity contribution in [2.75, 3.05) is 10.6 Å². The van der Waals surface area contributed by atoms with Crippen molar-refractivity contribution in [3.8, 4) is 0 Å². The van der Waals surface area contributed by atoms with E-state index in [0.29, 0.717) is 0 Å². The molecule has 2 aromatic carbocycles. The average Bonchev–Trinajstić information content (AvgIpc) is 2.66. The number of aryl methyl sites for hydroxylation is 2. The Morgan fingerprint density at radius 2 is 1.59 bits per heavy atom. The SMILES string of the molecule is CCc1ccccc1Nc1ncnc(Nc2cccc(C)c2C)c1[N+](=O)[O-]. The van der Waals surface area contributed by atoms with Crippen LogP contribution in [0.15, 0.2) is 48.8 Å². The van der Waals surface area contributed by atoms with Crippen LogP contribution in [0.3, 0.4) is 0 Å². The summed E-state index contributed by atoms with van der Waals surface area (Å²) in [5.41, 5.74) is 4.53. The number of anilines is 4. The fourth-order valence-corrected chi connectivity index (χ4v) is 2.83. The molecular weight excluding hydrogens is 342 g/mol. The largest absolute Gasteiger partial charge is 0.353 e. The van der Waals surface area contributed by atoms with Gasteiger partial charge < -0.3 is 10.6 Å². The fourth-order valence-electron chi connectivity index (χ4n) is 2.83. The molecule has 1 aromatic heterocycles. The molecule has 138 valence electrons. The molecule has 0 spiro atoms. The number of aromatic nitrogens is 2. The topological polar surface area (TPSA) is 93.0 Å². The van der Waals surface area contributed by atoms with Crippen molar-refractivity contribution in [3.63, 3.8) is 0 Å². The zero-order valence-corrected chi connectivity index (χ0v) is 15.5. The van der Waals surface area contributed by atoms with Gasteiger partial charge in [-0.05, 0) is 49.1 Å². The normalized spacial score (nSPS) is 10.5. The molecular formula is C20H21N5O2. The molecule has 7 heteroatoms. The Morgan fingerprint density at radius 3 is 2.26 bits per heavy atom. The van der Waals surface area contributed by atoms with Crippen molar-refractivity contribution >= 4 is 28.7 Å². The van der Waals surface area contributed by atoms with Crippen LogP contribution < -0.4 is 10.6 Å². The summed E-state index contributed by atoms with van der Waals surface area (Å²) in [4.78, 5) is 19.5. The standard InChI is InChI=1S/C20H21N5O2/c1-4-15-9-5-6-10-17(15)24-20-18(25(26)27)19(21-12-22-20)23-16-11-7-8-13(2)14(16)3/h5-12H,4H2,1-3H3,(H2,21,22,23,24). The highest BCUT2D eigenvalue weighted by Gasteiger charge is 2.24. The summed E-state index contributed by atoms with van der Waals surface area (Å²) >= 11 is 0. The van der Waals surface area contributed by atoms with Crippen molar-refractivity contribution in [2.24, 2.45) is 0 Å². The van der Waals surface area contributed by atoms with Crippen LogP contribution in [0.25, 0.3) is 0 Å². The summed E-state index contributed by atoms with van der Waals surface area (Å²) in [6.45, 7) is 5.98. The summed E-state index contributed by atoms with van der Waals surface area (Å²) in [5, 5.41) is 18.0. The van der Waals surface area contributed by atoms with Crippen molar-refractivity contribution in [2.45, 2.75) is 27.2 Å². The van der Waals surface area contributed by atoms with Gasteiger partial charge in [-0.3, -0.25) is 10.1 Å². The molecule has 0 atom stereocenters. The highest BCUT2D eigenvalue weighted by atomic mass is 16.6. The number of hydrogen-bond donors (Lipinski definition) is 2. The van der Waals surface area contributed by atoms with Crippen LogP contribution >= 0.6 is 0 Å². The molecule has 0 aliphatic carbocycles. The minimum absolute atomic E-state index is 0.153. The van der Waals surface area contributed by atoms with Crippen molar-refractivity contribution < 1.29 is 4.92 Å². The fraction of sp³-hybridized carbons (Fsp3) is 0.200. The van der Waals surface area contributed by atoms with Gasteiger partial charge >= 0.3 is 5.69 Å². The summed E-state index contributed by atoms with van der Waals surface area (Å²) < 4.78 is 0. The van der Waals surface area contributed by atoms with Gasteiger partial charge in [-0.25, -0.2) is 9.97 Å². The van der Waals surface area contributed by atoms with E-state index in [4.69, 9.17) is 0 Å². The first-order valence-corrected chi connectivity index (χ1v) is 8.68. The second kappa shape index (κ2) is 7.82. The molecule has 0 amide bonds. The Balaban J connectivity index is 2.03. The second-order valence-corrected chi connectivity index (χ2v) is 6.18. The number of hydrogen-bond acceptors (Lipinski definition) is 6. The molecule has 0 radical (unpaired) electrons. The van der Waals surface area contributed by atoms with E-state index in [1.54, 1.807) is 0 Å². The number of para-hydroxylation sites is 1. The lowest BCUT2D eigenvalue weighted by Crippen LogP contribution is -2.07. The van der Waals surface area contributed by atoms with Crippen LogP contribution in [0.4, 0.5) is 28.7 Å². The van der Waals surface area contributed by atoms with Crippen molar-refractivity contribution in [1.82, 2.24) is 9.97 Å². The van der Waals surface area contributed by atoms with Crippen LogP contribution in [-0.2, 0) is 6.42 Å². The van der Waals surface area contributed by atoms with Gasteiger partial charge in [-0.2, -0.15) is 0 Å². The van der Waals surface area contributed by atoms with E-state index in [1.165, 1.54) is 6.33 Å². The van der Waals surface area contributed by atoms with Crippen LogP contribution in [0.1, 0.15) is 23.6 Å². The van der Waals surface area contributed by atoms with Gasteiger partial charge in [0.25, 0.3) is 0 Å². The Morgan fingerprint density at radius 1 is 0.963 bits per heavy atom. The molecule has 2 N–H and O–H groups in total. The Hall–Kier alpha value is -3.48. The van der Waals surface area contributed by atoms with E-state index in [0.717, 1.165) is 34.5 Å². The zero-order chi connectivity index (χ0) is 19.4. The van der Waals surface area contributed by atoms with E-state index in [2.05, 4.69) is 20.6 Å². The first-order chi connectivity index (χ1) is 13.0. The van der Waals surface area contributed by atoms with E-state index >= 15 is 0 Å². The van der Waals surface area contributed by atoms with Crippen LogP contribution in [0.2, 0.25) is 0 Å². The number of rotatable bonds is 6. The monoisotopic (exact) mass is 363 g/mol. The molecule has 0 fully saturated rings. The predicted octanol–water partition coefficient (Wildman–Crippen LogP) is 5.05. The maximum Gasteiger partial charge on any atom is 0.353 e. The highest BCUT2D eigenvalue weighted by molar-refractivity contribution is 5.78. The summed E-state index contributed by atoms with van der Waals surface area (Å²) in [7, 11) is 0. The third-order valence-corrected chi connectivity index (χ3v) is 4.51. The van der Waals surface area contributed by atoms with Gasteiger partial charge in [0.05, 0.1) is 4.92 Å². The molecule has 0 aliphatic rings. The van der Waals surface area contributed by atoms with Crippen LogP contribution in [-0.4, -0.2) is 14.9 Å². The minimum atomic E-state index is -0.468. The Labute approximate surface area is 157 Å². The number of nitrogens with one attached hydrogen (secondary N) is 2. The van der Waals surface area contributed by atoms with Crippen molar-refractivity contribution in [3.05, 3.63) is 75.6 Å². The molecule has 3 aromatic rings. The number of nitro groups is 1. The molecule has 27 heavy (non-hydrogen) atoms. The first-order valence-electron chi connectivity index (χ1n) is 8.68. The molecule has 0 bridgehead atoms. The summed E-state index contributed by atoms with van der Waals surface area (Å²) in [5.74, 6) is 0.309.